The van der Waals surface area contributed by atoms with Crippen LogP contribution in [-0.4, -0.2) is 27.2 Å². The number of aromatic nitrogens is 3. The number of rotatable bonds is 9. The lowest BCUT2D eigenvalue weighted by Crippen LogP contribution is -2.31. The SMILES string of the molecule is CCOc1cc(C2C3=C(CCCC3=O)Nc3nc(SCc4ccccc4Cl)nn32)cc(Br)c1OCc1ccc(C)cc1. The summed E-state index contributed by atoms with van der Waals surface area (Å²) in [4.78, 5) is 18.2. The number of halogens is 2. The molecule has 0 saturated carbocycles. The second-order valence-electron chi connectivity index (χ2n) is 10.3. The van der Waals surface area contributed by atoms with Gasteiger partial charge in [-0.25, -0.2) is 4.68 Å². The fraction of sp³-hybridized carbons (Fsp3) is 0.281. The predicted molar refractivity (Wildman–Crippen MR) is 170 cm³/mol. The zero-order chi connectivity index (χ0) is 29.2. The molecule has 1 unspecified atom stereocenters. The number of aryl methyl sites for hydroxylation is 1. The first kappa shape index (κ1) is 28.8. The van der Waals surface area contributed by atoms with E-state index in [9.17, 15) is 4.79 Å². The Kier molecular flexibility index (Phi) is 8.60. The van der Waals surface area contributed by atoms with Crippen LogP contribution < -0.4 is 14.8 Å². The Bertz CT molecular complexity index is 1670. The van der Waals surface area contributed by atoms with Crippen molar-refractivity contribution in [1.29, 1.82) is 0 Å². The molecule has 1 N–H and O–H groups in total. The summed E-state index contributed by atoms with van der Waals surface area (Å²) in [6.45, 7) is 4.87. The molecule has 0 spiro atoms. The van der Waals surface area contributed by atoms with Gasteiger partial charge in [0.05, 0.1) is 11.1 Å². The number of ether oxygens (including phenoxy) is 2. The highest BCUT2D eigenvalue weighted by atomic mass is 79.9. The molecule has 1 aromatic heterocycles. The molecule has 1 aliphatic carbocycles. The van der Waals surface area contributed by atoms with Crippen molar-refractivity contribution in [1.82, 2.24) is 14.8 Å². The van der Waals surface area contributed by atoms with Gasteiger partial charge >= 0.3 is 0 Å². The molecule has 4 aromatic rings. The fourth-order valence-corrected chi connectivity index (χ4v) is 6.94. The molecule has 2 heterocycles. The number of benzene rings is 3. The van der Waals surface area contributed by atoms with E-state index in [0.29, 0.717) is 53.0 Å². The lowest BCUT2D eigenvalue weighted by molar-refractivity contribution is -0.116. The lowest BCUT2D eigenvalue weighted by atomic mass is 9.85. The van der Waals surface area contributed by atoms with Gasteiger partial charge in [-0.05, 0) is 77.5 Å². The molecule has 10 heteroatoms. The first-order chi connectivity index (χ1) is 20.4. The van der Waals surface area contributed by atoms with Crippen LogP contribution in [0.1, 0.15) is 54.5 Å². The maximum atomic E-state index is 13.4. The van der Waals surface area contributed by atoms with Crippen LogP contribution in [0.5, 0.6) is 11.5 Å². The molecule has 0 amide bonds. The Balaban J connectivity index is 1.36. The number of carbonyl (C=O) groups is 1. The summed E-state index contributed by atoms with van der Waals surface area (Å²) in [7, 11) is 0. The minimum absolute atomic E-state index is 0.119. The Labute approximate surface area is 262 Å². The smallest absolute Gasteiger partial charge is 0.227 e. The summed E-state index contributed by atoms with van der Waals surface area (Å²) < 4.78 is 14.9. The minimum Gasteiger partial charge on any atom is -0.490 e. The molecule has 0 saturated heterocycles. The summed E-state index contributed by atoms with van der Waals surface area (Å²) >= 11 is 11.6. The normalized spacial score (nSPS) is 16.1. The Morgan fingerprint density at radius 1 is 1.12 bits per heavy atom. The number of fused-ring (bicyclic) bond motifs is 1. The van der Waals surface area contributed by atoms with Gasteiger partial charge in [0.15, 0.2) is 17.3 Å². The standard InChI is InChI=1S/C32H30BrClN4O3S/c1-3-40-27-16-22(15-23(33)30(27)41-17-20-13-11-19(2)12-14-20)29-28-25(9-6-10-26(28)39)35-31-36-32(37-38(29)31)42-18-21-7-4-5-8-24(21)34/h4-5,7-8,11-16,29H,3,6,9-10,17-18H2,1-2H3,(H,35,36,37). The number of allylic oxidation sites excluding steroid dienone is 2. The third-order valence-corrected chi connectivity index (χ3v) is 9.16. The van der Waals surface area contributed by atoms with Gasteiger partial charge < -0.3 is 14.8 Å². The van der Waals surface area contributed by atoms with Crippen molar-refractivity contribution in [2.24, 2.45) is 0 Å². The van der Waals surface area contributed by atoms with E-state index in [1.807, 2.05) is 48.0 Å². The number of nitrogens with zero attached hydrogens (tertiary/aromatic N) is 3. The maximum absolute atomic E-state index is 13.4. The number of thioether (sulfide) groups is 1. The topological polar surface area (TPSA) is 78.3 Å². The molecule has 7 nitrogen and oxygen atoms in total. The minimum atomic E-state index is -0.451. The van der Waals surface area contributed by atoms with E-state index in [2.05, 4.69) is 52.4 Å². The van der Waals surface area contributed by atoms with Crippen LogP contribution in [0.15, 0.2) is 81.6 Å². The molecule has 6 rings (SSSR count). The summed E-state index contributed by atoms with van der Waals surface area (Å²) in [5.41, 5.74) is 5.78. The van der Waals surface area contributed by atoms with Crippen molar-refractivity contribution in [3.8, 4) is 11.5 Å². The summed E-state index contributed by atoms with van der Waals surface area (Å²) in [5.74, 6) is 2.59. The number of nitrogens with one attached hydrogen (secondary N) is 1. The Morgan fingerprint density at radius 2 is 1.93 bits per heavy atom. The van der Waals surface area contributed by atoms with Crippen molar-refractivity contribution < 1.29 is 14.3 Å². The van der Waals surface area contributed by atoms with E-state index in [4.69, 9.17) is 31.2 Å². The molecule has 216 valence electrons. The largest absolute Gasteiger partial charge is 0.490 e. The van der Waals surface area contributed by atoms with Crippen molar-refractivity contribution in [3.05, 3.63) is 104 Å². The van der Waals surface area contributed by atoms with Crippen molar-refractivity contribution in [2.75, 3.05) is 11.9 Å². The van der Waals surface area contributed by atoms with Gasteiger partial charge in [0.25, 0.3) is 0 Å². The maximum Gasteiger partial charge on any atom is 0.227 e. The average molecular weight is 666 g/mol. The molecular weight excluding hydrogens is 636 g/mol. The highest BCUT2D eigenvalue weighted by Gasteiger charge is 2.37. The quantitative estimate of drug-likeness (QED) is 0.180. The molecule has 1 atom stereocenters. The predicted octanol–water partition coefficient (Wildman–Crippen LogP) is 8.29. The summed E-state index contributed by atoms with van der Waals surface area (Å²) in [6, 6.07) is 19.5. The second-order valence-corrected chi connectivity index (χ2v) is 12.5. The van der Waals surface area contributed by atoms with Crippen LogP contribution in [0.25, 0.3) is 0 Å². The first-order valence-corrected chi connectivity index (χ1v) is 16.1. The third-order valence-electron chi connectivity index (χ3n) is 7.31. The van der Waals surface area contributed by atoms with Crippen molar-refractivity contribution in [3.63, 3.8) is 0 Å². The van der Waals surface area contributed by atoms with Gasteiger partial charge in [-0.2, -0.15) is 4.98 Å². The number of ketones is 1. The van der Waals surface area contributed by atoms with E-state index >= 15 is 0 Å². The number of Topliss-reactive ketones (excluding diaryl/α,β-unsaturated/α-hetero) is 1. The highest BCUT2D eigenvalue weighted by molar-refractivity contribution is 9.10. The van der Waals surface area contributed by atoms with Crippen LogP contribution >= 0.6 is 39.3 Å². The van der Waals surface area contributed by atoms with Crippen LogP contribution in [-0.2, 0) is 17.2 Å². The number of anilines is 1. The highest BCUT2D eigenvalue weighted by Crippen LogP contribution is 2.45. The summed E-state index contributed by atoms with van der Waals surface area (Å²) in [6.07, 6.45) is 2.09. The third kappa shape index (κ3) is 5.96. The van der Waals surface area contributed by atoms with Crippen LogP contribution in [0.2, 0.25) is 5.02 Å². The number of hydrogen-bond donors (Lipinski definition) is 1. The second kappa shape index (κ2) is 12.5. The zero-order valence-electron chi connectivity index (χ0n) is 23.3. The Hall–Kier alpha value is -3.27. The van der Waals surface area contributed by atoms with Gasteiger partial charge in [0.1, 0.15) is 12.6 Å². The number of hydrogen-bond acceptors (Lipinski definition) is 7. The molecule has 42 heavy (non-hydrogen) atoms. The molecular formula is C32H30BrClN4O3S. The molecule has 0 fully saturated rings. The monoisotopic (exact) mass is 664 g/mol. The number of carbonyl (C=O) groups excluding carboxylic acids is 1. The van der Waals surface area contributed by atoms with Crippen molar-refractivity contribution in [2.45, 2.75) is 56.7 Å². The van der Waals surface area contributed by atoms with E-state index in [-0.39, 0.29) is 5.78 Å². The van der Waals surface area contributed by atoms with Crippen LogP contribution in [0.4, 0.5) is 5.95 Å². The van der Waals surface area contributed by atoms with Gasteiger partial charge in [0.2, 0.25) is 11.1 Å². The Morgan fingerprint density at radius 3 is 2.71 bits per heavy atom. The van der Waals surface area contributed by atoms with Gasteiger partial charge in [-0.1, -0.05) is 71.4 Å². The van der Waals surface area contributed by atoms with Gasteiger partial charge in [0, 0.05) is 28.5 Å². The fourth-order valence-electron chi connectivity index (χ4n) is 5.25. The van der Waals surface area contributed by atoms with Gasteiger partial charge in [-0.3, -0.25) is 4.79 Å². The van der Waals surface area contributed by atoms with Crippen LogP contribution in [0.3, 0.4) is 0 Å². The van der Waals surface area contributed by atoms with E-state index < -0.39 is 6.04 Å². The molecule has 0 radical (unpaired) electrons. The molecule has 2 aliphatic rings. The van der Waals surface area contributed by atoms with E-state index in [0.717, 1.165) is 45.3 Å². The molecule has 1 aliphatic heterocycles. The molecule has 3 aromatic carbocycles. The van der Waals surface area contributed by atoms with E-state index in [1.54, 1.807) is 0 Å². The average Bonchev–Trinajstić information content (AvgIpc) is 3.39. The summed E-state index contributed by atoms with van der Waals surface area (Å²) in [5, 5.41) is 9.61. The van der Waals surface area contributed by atoms with Crippen molar-refractivity contribution >= 4 is 51.0 Å². The zero-order valence-corrected chi connectivity index (χ0v) is 26.5. The lowest BCUT2D eigenvalue weighted by Gasteiger charge is -2.32. The first-order valence-electron chi connectivity index (χ1n) is 13.9. The van der Waals surface area contributed by atoms with E-state index in [1.165, 1.54) is 17.3 Å². The van der Waals surface area contributed by atoms with Crippen LogP contribution in [0, 0.1) is 6.92 Å². The van der Waals surface area contributed by atoms with Gasteiger partial charge in [-0.15, -0.1) is 5.10 Å². The molecule has 0 bridgehead atoms.